The Morgan fingerprint density at radius 1 is 1.47 bits per heavy atom. The van der Waals surface area contributed by atoms with Crippen molar-refractivity contribution in [1.29, 1.82) is 0 Å². The van der Waals surface area contributed by atoms with Crippen LogP contribution in [0.15, 0.2) is 0 Å². The molecule has 0 bridgehead atoms. The standard InChI is InChI=1S/C10H21NO5S/c1-10(2,17(4,14)15)9(13)11-8(5-6-12)7-16-3/h8,12H,5-7H2,1-4H3,(H,11,13). The average Bonchev–Trinajstić information content (AvgIpc) is 2.16. The van der Waals surface area contributed by atoms with E-state index in [4.69, 9.17) is 9.84 Å². The molecule has 102 valence electrons. The maximum absolute atomic E-state index is 11.8. The Morgan fingerprint density at radius 3 is 2.35 bits per heavy atom. The quantitative estimate of drug-likeness (QED) is 0.638. The maximum Gasteiger partial charge on any atom is 0.241 e. The summed E-state index contributed by atoms with van der Waals surface area (Å²) >= 11 is 0. The van der Waals surface area contributed by atoms with E-state index in [2.05, 4.69) is 5.32 Å². The van der Waals surface area contributed by atoms with E-state index < -0.39 is 26.5 Å². The van der Waals surface area contributed by atoms with Crippen LogP contribution in [0.2, 0.25) is 0 Å². The van der Waals surface area contributed by atoms with Gasteiger partial charge in [0.25, 0.3) is 0 Å². The largest absolute Gasteiger partial charge is 0.396 e. The summed E-state index contributed by atoms with van der Waals surface area (Å²) in [5, 5.41) is 11.4. The van der Waals surface area contributed by atoms with Crippen molar-refractivity contribution in [2.75, 3.05) is 26.6 Å². The zero-order valence-corrected chi connectivity index (χ0v) is 11.5. The molecule has 0 aromatic rings. The second-order valence-corrected chi connectivity index (χ2v) is 6.99. The first-order chi connectivity index (χ1) is 7.66. The van der Waals surface area contributed by atoms with Gasteiger partial charge in [-0.25, -0.2) is 8.42 Å². The summed E-state index contributed by atoms with van der Waals surface area (Å²) in [5.41, 5.74) is 0. The number of carbonyl (C=O) groups is 1. The van der Waals surface area contributed by atoms with Crippen molar-refractivity contribution in [3.05, 3.63) is 0 Å². The van der Waals surface area contributed by atoms with Crippen LogP contribution in [0.1, 0.15) is 20.3 Å². The predicted octanol–water partition coefficient (Wildman–Crippen LogP) is -0.677. The highest BCUT2D eigenvalue weighted by molar-refractivity contribution is 7.92. The number of carbonyl (C=O) groups excluding carboxylic acids is 1. The molecule has 0 aliphatic carbocycles. The Kier molecular flexibility index (Phi) is 6.08. The second-order valence-electron chi connectivity index (χ2n) is 4.42. The van der Waals surface area contributed by atoms with Crippen LogP contribution in [0.3, 0.4) is 0 Å². The molecular formula is C10H21NO5S. The second kappa shape index (κ2) is 6.32. The number of ether oxygens (including phenoxy) is 1. The summed E-state index contributed by atoms with van der Waals surface area (Å²) < 4.78 is 26.3. The molecule has 0 spiro atoms. The van der Waals surface area contributed by atoms with Gasteiger partial charge in [-0.3, -0.25) is 4.79 Å². The minimum Gasteiger partial charge on any atom is -0.396 e. The molecule has 0 saturated heterocycles. The van der Waals surface area contributed by atoms with Crippen molar-refractivity contribution < 1.29 is 23.1 Å². The number of amides is 1. The maximum atomic E-state index is 11.8. The number of nitrogens with one attached hydrogen (secondary N) is 1. The number of rotatable bonds is 7. The van der Waals surface area contributed by atoms with Crippen LogP contribution < -0.4 is 5.32 Å². The number of hydrogen-bond acceptors (Lipinski definition) is 5. The van der Waals surface area contributed by atoms with Crippen LogP contribution in [0.25, 0.3) is 0 Å². The third-order valence-corrected chi connectivity index (χ3v) is 4.69. The number of sulfone groups is 1. The molecule has 7 heteroatoms. The van der Waals surface area contributed by atoms with Gasteiger partial charge in [0, 0.05) is 20.0 Å². The molecule has 0 aromatic carbocycles. The van der Waals surface area contributed by atoms with E-state index in [0.29, 0.717) is 6.42 Å². The van der Waals surface area contributed by atoms with Crippen molar-refractivity contribution in [3.8, 4) is 0 Å². The zero-order valence-electron chi connectivity index (χ0n) is 10.7. The van der Waals surface area contributed by atoms with Gasteiger partial charge in [0.15, 0.2) is 9.84 Å². The average molecular weight is 267 g/mol. The first kappa shape index (κ1) is 16.3. The summed E-state index contributed by atoms with van der Waals surface area (Å²) in [7, 11) is -2.02. The Morgan fingerprint density at radius 2 is 2.00 bits per heavy atom. The molecule has 1 unspecified atom stereocenters. The van der Waals surface area contributed by atoms with Gasteiger partial charge in [0.05, 0.1) is 12.6 Å². The van der Waals surface area contributed by atoms with E-state index in [9.17, 15) is 13.2 Å². The van der Waals surface area contributed by atoms with E-state index in [1.165, 1.54) is 21.0 Å². The van der Waals surface area contributed by atoms with Gasteiger partial charge in [0.1, 0.15) is 4.75 Å². The number of methoxy groups -OCH3 is 1. The third-order valence-electron chi connectivity index (χ3n) is 2.65. The van der Waals surface area contributed by atoms with Crippen molar-refractivity contribution in [3.63, 3.8) is 0 Å². The monoisotopic (exact) mass is 267 g/mol. The minimum atomic E-state index is -3.49. The van der Waals surface area contributed by atoms with Crippen LogP contribution in [0, 0.1) is 0 Å². The lowest BCUT2D eigenvalue weighted by Gasteiger charge is -2.25. The van der Waals surface area contributed by atoms with Crippen LogP contribution in [-0.4, -0.2) is 56.8 Å². The van der Waals surface area contributed by atoms with Gasteiger partial charge in [0.2, 0.25) is 5.91 Å². The van der Waals surface area contributed by atoms with E-state index in [0.717, 1.165) is 6.26 Å². The highest BCUT2D eigenvalue weighted by atomic mass is 32.2. The number of aliphatic hydroxyl groups excluding tert-OH is 1. The van der Waals surface area contributed by atoms with Crippen LogP contribution in [-0.2, 0) is 19.4 Å². The summed E-state index contributed by atoms with van der Waals surface area (Å²) in [6, 6.07) is -0.390. The van der Waals surface area contributed by atoms with Crippen molar-refractivity contribution in [1.82, 2.24) is 5.32 Å². The van der Waals surface area contributed by atoms with Crippen LogP contribution in [0.5, 0.6) is 0 Å². The Labute approximate surface area is 102 Å². The smallest absolute Gasteiger partial charge is 0.241 e. The van der Waals surface area contributed by atoms with Crippen molar-refractivity contribution >= 4 is 15.7 Å². The molecule has 0 aromatic heterocycles. The fraction of sp³-hybridized carbons (Fsp3) is 0.900. The van der Waals surface area contributed by atoms with Gasteiger partial charge in [-0.2, -0.15) is 0 Å². The fourth-order valence-corrected chi connectivity index (χ4v) is 1.48. The molecule has 0 fully saturated rings. The van der Waals surface area contributed by atoms with E-state index in [1.807, 2.05) is 0 Å². The number of aliphatic hydroxyl groups is 1. The van der Waals surface area contributed by atoms with Crippen molar-refractivity contribution in [2.45, 2.75) is 31.1 Å². The third kappa shape index (κ3) is 4.61. The topological polar surface area (TPSA) is 92.7 Å². The molecule has 0 saturated carbocycles. The lowest BCUT2D eigenvalue weighted by molar-refractivity contribution is -0.124. The Bertz CT molecular complexity index is 344. The first-order valence-electron chi connectivity index (χ1n) is 5.27. The van der Waals surface area contributed by atoms with Crippen LogP contribution >= 0.6 is 0 Å². The Hall–Kier alpha value is -0.660. The molecular weight excluding hydrogens is 246 g/mol. The molecule has 0 heterocycles. The highest BCUT2D eigenvalue weighted by Gasteiger charge is 2.39. The first-order valence-corrected chi connectivity index (χ1v) is 7.16. The van der Waals surface area contributed by atoms with Gasteiger partial charge in [-0.1, -0.05) is 0 Å². The lowest BCUT2D eigenvalue weighted by Crippen LogP contribution is -2.52. The minimum absolute atomic E-state index is 0.104. The molecule has 0 aliphatic heterocycles. The summed E-state index contributed by atoms with van der Waals surface area (Å²) in [6.45, 7) is 2.82. The van der Waals surface area contributed by atoms with Crippen molar-refractivity contribution in [2.24, 2.45) is 0 Å². The molecule has 6 nitrogen and oxygen atoms in total. The normalized spacial score (nSPS) is 14.4. The van der Waals surface area contributed by atoms with Gasteiger partial charge in [-0.05, 0) is 20.3 Å². The molecule has 17 heavy (non-hydrogen) atoms. The Balaban J connectivity index is 4.71. The van der Waals surface area contributed by atoms with E-state index >= 15 is 0 Å². The van der Waals surface area contributed by atoms with E-state index in [1.54, 1.807) is 0 Å². The molecule has 2 N–H and O–H groups in total. The summed E-state index contributed by atoms with van der Waals surface area (Å²) in [4.78, 5) is 11.8. The molecule has 0 rings (SSSR count). The van der Waals surface area contributed by atoms with Gasteiger partial charge in [-0.15, -0.1) is 0 Å². The molecule has 1 atom stereocenters. The van der Waals surface area contributed by atoms with Gasteiger partial charge >= 0.3 is 0 Å². The predicted molar refractivity (Wildman–Crippen MR) is 64.4 cm³/mol. The zero-order chi connectivity index (χ0) is 13.7. The molecule has 1 amide bonds. The van der Waals surface area contributed by atoms with E-state index in [-0.39, 0.29) is 13.2 Å². The molecule has 0 radical (unpaired) electrons. The lowest BCUT2D eigenvalue weighted by atomic mass is 10.1. The number of hydrogen-bond donors (Lipinski definition) is 2. The van der Waals surface area contributed by atoms with Gasteiger partial charge < -0.3 is 15.2 Å². The van der Waals surface area contributed by atoms with Crippen LogP contribution in [0.4, 0.5) is 0 Å². The highest BCUT2D eigenvalue weighted by Crippen LogP contribution is 2.15. The summed E-state index contributed by atoms with van der Waals surface area (Å²) in [6.07, 6.45) is 1.34. The molecule has 0 aliphatic rings. The fourth-order valence-electron chi connectivity index (χ4n) is 1.08. The summed E-state index contributed by atoms with van der Waals surface area (Å²) in [5.74, 6) is -0.587. The SMILES string of the molecule is COCC(CCO)NC(=O)C(C)(C)S(C)(=O)=O.